The standard InChI is InChI=1S/C11H18N2O2/c1-6(12)5-9-7(2)13-8(3)10(9)11(14)15-4/h6,13H,5,12H2,1-4H3. The summed E-state index contributed by atoms with van der Waals surface area (Å²) in [5, 5.41) is 0. The molecule has 0 aliphatic rings. The summed E-state index contributed by atoms with van der Waals surface area (Å²) in [5.41, 5.74) is 9.18. The van der Waals surface area contributed by atoms with Crippen LogP contribution in [-0.2, 0) is 11.2 Å². The molecule has 1 rings (SSSR count). The largest absolute Gasteiger partial charge is 0.465 e. The van der Waals surface area contributed by atoms with E-state index < -0.39 is 0 Å². The molecule has 0 fully saturated rings. The van der Waals surface area contributed by atoms with Crippen LogP contribution >= 0.6 is 0 Å². The zero-order valence-electron chi connectivity index (χ0n) is 9.68. The fraction of sp³-hybridized carbons (Fsp3) is 0.545. The van der Waals surface area contributed by atoms with E-state index in [4.69, 9.17) is 10.5 Å². The van der Waals surface area contributed by atoms with Gasteiger partial charge >= 0.3 is 5.97 Å². The number of aromatic nitrogens is 1. The molecule has 0 saturated heterocycles. The first-order valence-corrected chi connectivity index (χ1v) is 4.99. The molecule has 4 nitrogen and oxygen atoms in total. The molecule has 0 amide bonds. The van der Waals surface area contributed by atoms with E-state index in [0.717, 1.165) is 17.0 Å². The van der Waals surface area contributed by atoms with E-state index in [2.05, 4.69) is 4.98 Å². The molecule has 0 aliphatic heterocycles. The Labute approximate surface area is 89.8 Å². The van der Waals surface area contributed by atoms with Gasteiger partial charge in [-0.3, -0.25) is 0 Å². The maximum absolute atomic E-state index is 11.6. The maximum atomic E-state index is 11.6. The summed E-state index contributed by atoms with van der Waals surface area (Å²) in [4.78, 5) is 14.7. The molecule has 0 aromatic carbocycles. The van der Waals surface area contributed by atoms with E-state index in [1.54, 1.807) is 0 Å². The summed E-state index contributed by atoms with van der Waals surface area (Å²) in [6.07, 6.45) is 0.681. The van der Waals surface area contributed by atoms with E-state index in [9.17, 15) is 4.79 Å². The minimum atomic E-state index is -0.299. The number of hydrogen-bond donors (Lipinski definition) is 2. The van der Waals surface area contributed by atoms with Crippen LogP contribution in [0.3, 0.4) is 0 Å². The Balaban J connectivity index is 3.17. The molecule has 0 saturated carbocycles. The third kappa shape index (κ3) is 2.39. The highest BCUT2D eigenvalue weighted by Crippen LogP contribution is 2.20. The number of aromatic amines is 1. The zero-order chi connectivity index (χ0) is 11.6. The van der Waals surface area contributed by atoms with E-state index in [0.29, 0.717) is 12.0 Å². The second kappa shape index (κ2) is 4.49. The van der Waals surface area contributed by atoms with Gasteiger partial charge in [0.2, 0.25) is 0 Å². The summed E-state index contributed by atoms with van der Waals surface area (Å²) < 4.78 is 4.75. The lowest BCUT2D eigenvalue weighted by molar-refractivity contribution is 0.0599. The number of carbonyl (C=O) groups is 1. The molecule has 3 N–H and O–H groups in total. The second-order valence-electron chi connectivity index (χ2n) is 3.90. The first-order valence-electron chi connectivity index (χ1n) is 4.99. The Hall–Kier alpha value is -1.29. The SMILES string of the molecule is COC(=O)c1c(C)[nH]c(C)c1CC(C)N. The van der Waals surface area contributed by atoms with E-state index in [1.807, 2.05) is 20.8 Å². The molecule has 0 radical (unpaired) electrons. The molecule has 1 aromatic rings. The average molecular weight is 210 g/mol. The number of methoxy groups -OCH3 is 1. The first kappa shape index (κ1) is 11.8. The van der Waals surface area contributed by atoms with E-state index in [1.165, 1.54) is 7.11 Å². The number of aryl methyl sites for hydroxylation is 2. The number of nitrogens with two attached hydrogens (primary N) is 1. The summed E-state index contributed by atoms with van der Waals surface area (Å²) in [7, 11) is 1.39. The predicted octanol–water partition coefficient (Wildman–Crippen LogP) is 1.31. The van der Waals surface area contributed by atoms with Gasteiger partial charge in [-0.05, 0) is 32.8 Å². The van der Waals surface area contributed by atoms with Crippen molar-refractivity contribution in [2.24, 2.45) is 5.73 Å². The normalized spacial score (nSPS) is 12.6. The van der Waals surface area contributed by atoms with Crippen molar-refractivity contribution in [1.82, 2.24) is 4.98 Å². The second-order valence-corrected chi connectivity index (χ2v) is 3.90. The Morgan fingerprint density at radius 3 is 2.53 bits per heavy atom. The van der Waals surface area contributed by atoms with Crippen molar-refractivity contribution in [3.05, 3.63) is 22.5 Å². The zero-order valence-corrected chi connectivity index (χ0v) is 9.68. The summed E-state index contributed by atoms with van der Waals surface area (Å²) in [6, 6.07) is 0.0299. The van der Waals surface area contributed by atoms with Gasteiger partial charge < -0.3 is 15.5 Å². The van der Waals surface area contributed by atoms with Crippen molar-refractivity contribution >= 4 is 5.97 Å². The molecule has 84 valence electrons. The van der Waals surface area contributed by atoms with Crippen molar-refractivity contribution in [2.75, 3.05) is 7.11 Å². The summed E-state index contributed by atoms with van der Waals surface area (Å²) in [6.45, 7) is 5.73. The van der Waals surface area contributed by atoms with Gasteiger partial charge in [0.25, 0.3) is 0 Å². The van der Waals surface area contributed by atoms with Gasteiger partial charge in [-0.2, -0.15) is 0 Å². The average Bonchev–Trinajstić information content (AvgIpc) is 2.40. The lowest BCUT2D eigenvalue weighted by Gasteiger charge is -2.07. The van der Waals surface area contributed by atoms with Crippen molar-refractivity contribution < 1.29 is 9.53 Å². The highest BCUT2D eigenvalue weighted by atomic mass is 16.5. The molecule has 15 heavy (non-hydrogen) atoms. The quantitative estimate of drug-likeness (QED) is 0.739. The lowest BCUT2D eigenvalue weighted by Crippen LogP contribution is -2.19. The molecule has 1 aromatic heterocycles. The Kier molecular flexibility index (Phi) is 3.52. The molecular weight excluding hydrogens is 192 g/mol. The van der Waals surface area contributed by atoms with Gasteiger partial charge in [-0.15, -0.1) is 0 Å². The van der Waals surface area contributed by atoms with Gasteiger partial charge in [-0.1, -0.05) is 0 Å². The van der Waals surface area contributed by atoms with Crippen molar-refractivity contribution in [1.29, 1.82) is 0 Å². The smallest absolute Gasteiger partial charge is 0.339 e. The van der Waals surface area contributed by atoms with Gasteiger partial charge in [0.1, 0.15) is 0 Å². The fourth-order valence-corrected chi connectivity index (χ4v) is 1.79. The third-order valence-corrected chi connectivity index (χ3v) is 2.42. The summed E-state index contributed by atoms with van der Waals surface area (Å²) >= 11 is 0. The monoisotopic (exact) mass is 210 g/mol. The van der Waals surface area contributed by atoms with E-state index >= 15 is 0 Å². The van der Waals surface area contributed by atoms with Crippen LogP contribution < -0.4 is 5.73 Å². The van der Waals surface area contributed by atoms with Crippen LogP contribution in [0.25, 0.3) is 0 Å². The topological polar surface area (TPSA) is 68.1 Å². The maximum Gasteiger partial charge on any atom is 0.339 e. The highest BCUT2D eigenvalue weighted by Gasteiger charge is 2.20. The number of ether oxygens (including phenoxy) is 1. The lowest BCUT2D eigenvalue weighted by atomic mass is 10.0. The number of carbonyl (C=O) groups excluding carboxylic acids is 1. The Morgan fingerprint density at radius 2 is 2.07 bits per heavy atom. The fourth-order valence-electron chi connectivity index (χ4n) is 1.79. The first-order chi connectivity index (χ1) is 6.97. The van der Waals surface area contributed by atoms with Crippen LogP contribution in [0.1, 0.15) is 34.2 Å². The predicted molar refractivity (Wildman–Crippen MR) is 59.0 cm³/mol. The molecule has 0 bridgehead atoms. The summed E-state index contributed by atoms with van der Waals surface area (Å²) in [5.74, 6) is -0.299. The van der Waals surface area contributed by atoms with Gasteiger partial charge in [0.15, 0.2) is 0 Å². The molecule has 1 unspecified atom stereocenters. The van der Waals surface area contributed by atoms with Crippen LogP contribution in [0.2, 0.25) is 0 Å². The van der Waals surface area contributed by atoms with E-state index in [-0.39, 0.29) is 12.0 Å². The molecule has 4 heteroatoms. The number of rotatable bonds is 3. The highest BCUT2D eigenvalue weighted by molar-refractivity contribution is 5.92. The minimum Gasteiger partial charge on any atom is -0.465 e. The number of esters is 1. The molecule has 1 heterocycles. The molecule has 0 aliphatic carbocycles. The Morgan fingerprint density at radius 1 is 1.47 bits per heavy atom. The number of nitrogens with one attached hydrogen (secondary N) is 1. The van der Waals surface area contributed by atoms with Gasteiger partial charge in [0.05, 0.1) is 12.7 Å². The van der Waals surface area contributed by atoms with Crippen molar-refractivity contribution in [3.8, 4) is 0 Å². The van der Waals surface area contributed by atoms with Crippen molar-refractivity contribution in [2.45, 2.75) is 33.2 Å². The van der Waals surface area contributed by atoms with Crippen LogP contribution in [0.4, 0.5) is 0 Å². The van der Waals surface area contributed by atoms with Crippen LogP contribution in [0.5, 0.6) is 0 Å². The molecule has 1 atom stereocenters. The minimum absolute atomic E-state index is 0.0299. The van der Waals surface area contributed by atoms with Gasteiger partial charge in [0, 0.05) is 17.4 Å². The van der Waals surface area contributed by atoms with Gasteiger partial charge in [-0.25, -0.2) is 4.79 Å². The molecular formula is C11H18N2O2. The van der Waals surface area contributed by atoms with Crippen LogP contribution in [-0.4, -0.2) is 24.1 Å². The van der Waals surface area contributed by atoms with Crippen LogP contribution in [0, 0.1) is 13.8 Å². The van der Waals surface area contributed by atoms with Crippen LogP contribution in [0.15, 0.2) is 0 Å². The number of H-pyrrole nitrogens is 1. The molecule has 0 spiro atoms. The Bertz CT molecular complexity index is 367. The third-order valence-electron chi connectivity index (χ3n) is 2.42. The number of hydrogen-bond acceptors (Lipinski definition) is 3. The van der Waals surface area contributed by atoms with Crippen molar-refractivity contribution in [3.63, 3.8) is 0 Å².